The van der Waals surface area contributed by atoms with E-state index >= 15 is 0 Å². The Bertz CT molecular complexity index is 265. The highest BCUT2D eigenvalue weighted by molar-refractivity contribution is 4.99. The number of rotatable bonds is 8. The molecule has 1 saturated carbocycles. The number of hydrogen-bond acceptors (Lipinski definition) is 3. The molecule has 0 aliphatic heterocycles. The van der Waals surface area contributed by atoms with Gasteiger partial charge in [-0.2, -0.15) is 0 Å². The molecule has 0 radical (unpaired) electrons. The molecule has 0 saturated heterocycles. The van der Waals surface area contributed by atoms with Gasteiger partial charge >= 0.3 is 0 Å². The second kappa shape index (κ2) is 7.05. The molecule has 3 heteroatoms. The molecule has 2 unspecified atom stereocenters. The summed E-state index contributed by atoms with van der Waals surface area (Å²) in [4.78, 5) is 0. The quantitative estimate of drug-likeness (QED) is 0.713. The lowest BCUT2D eigenvalue weighted by molar-refractivity contribution is -0.0314. The Labute approximate surface area is 119 Å². The van der Waals surface area contributed by atoms with Crippen molar-refractivity contribution in [2.75, 3.05) is 13.2 Å². The van der Waals surface area contributed by atoms with Gasteiger partial charge in [0.05, 0.1) is 12.2 Å². The third-order valence-electron chi connectivity index (χ3n) is 4.63. The van der Waals surface area contributed by atoms with E-state index in [9.17, 15) is 5.11 Å². The van der Waals surface area contributed by atoms with Gasteiger partial charge in [-0.05, 0) is 45.4 Å². The molecule has 0 amide bonds. The first-order valence-corrected chi connectivity index (χ1v) is 7.88. The summed E-state index contributed by atoms with van der Waals surface area (Å²) >= 11 is 0. The maximum absolute atomic E-state index is 9.84. The topological polar surface area (TPSA) is 41.5 Å². The molecule has 1 rings (SSSR count). The second-order valence-corrected chi connectivity index (χ2v) is 6.95. The lowest BCUT2D eigenvalue weighted by atomic mass is 9.84. The number of aliphatic hydroxyl groups excluding tert-OH is 1. The van der Waals surface area contributed by atoms with Gasteiger partial charge in [-0.15, -0.1) is 0 Å². The van der Waals surface area contributed by atoms with E-state index in [2.05, 4.69) is 39.9 Å². The highest BCUT2D eigenvalue weighted by atomic mass is 16.5. The molecule has 114 valence electrons. The molecule has 1 fully saturated rings. The summed E-state index contributed by atoms with van der Waals surface area (Å²) in [6.45, 7) is 11.8. The Hall–Kier alpha value is -0.120. The van der Waals surface area contributed by atoms with Crippen molar-refractivity contribution in [1.29, 1.82) is 0 Å². The zero-order valence-electron chi connectivity index (χ0n) is 13.5. The summed E-state index contributed by atoms with van der Waals surface area (Å²) in [5.74, 6) is 0.535. The summed E-state index contributed by atoms with van der Waals surface area (Å²) < 4.78 is 5.97. The van der Waals surface area contributed by atoms with Crippen molar-refractivity contribution < 1.29 is 9.84 Å². The van der Waals surface area contributed by atoms with E-state index in [-0.39, 0.29) is 17.7 Å². The molecule has 0 aromatic rings. The van der Waals surface area contributed by atoms with Crippen LogP contribution in [-0.4, -0.2) is 35.5 Å². The third kappa shape index (κ3) is 4.73. The van der Waals surface area contributed by atoms with Gasteiger partial charge in [0.15, 0.2) is 0 Å². The third-order valence-corrected chi connectivity index (χ3v) is 4.63. The van der Waals surface area contributed by atoms with Gasteiger partial charge in [-0.1, -0.05) is 27.2 Å². The second-order valence-electron chi connectivity index (χ2n) is 6.95. The molecule has 1 aliphatic rings. The van der Waals surface area contributed by atoms with Crippen molar-refractivity contribution in [2.24, 2.45) is 5.92 Å². The molecule has 0 bridgehead atoms. The van der Waals surface area contributed by atoms with Gasteiger partial charge in [0.2, 0.25) is 0 Å². The number of ether oxygens (including phenoxy) is 1. The largest absolute Gasteiger partial charge is 0.394 e. The summed E-state index contributed by atoms with van der Waals surface area (Å²) in [6, 6.07) is 0.417. The fourth-order valence-electron chi connectivity index (χ4n) is 3.16. The molecular formula is C16H33NO2. The molecule has 0 aromatic heterocycles. The SMILES string of the molecule is CCC(C)(C)OCCC1CCCC1(CO)NC(C)C. The molecular weight excluding hydrogens is 238 g/mol. The normalized spacial score (nSPS) is 28.3. The molecule has 1 aliphatic carbocycles. The van der Waals surface area contributed by atoms with E-state index in [0.717, 1.165) is 25.9 Å². The van der Waals surface area contributed by atoms with Crippen LogP contribution in [0.4, 0.5) is 0 Å². The van der Waals surface area contributed by atoms with Crippen LogP contribution in [0.1, 0.15) is 66.7 Å². The summed E-state index contributed by atoms with van der Waals surface area (Å²) in [5.41, 5.74) is -0.0974. The van der Waals surface area contributed by atoms with Gasteiger partial charge in [-0.3, -0.25) is 0 Å². The van der Waals surface area contributed by atoms with Crippen molar-refractivity contribution in [3.8, 4) is 0 Å². The number of nitrogens with one attached hydrogen (secondary N) is 1. The monoisotopic (exact) mass is 271 g/mol. The van der Waals surface area contributed by atoms with Crippen LogP contribution in [0.25, 0.3) is 0 Å². The van der Waals surface area contributed by atoms with Crippen molar-refractivity contribution in [1.82, 2.24) is 5.32 Å². The minimum absolute atomic E-state index is 0.0219. The lowest BCUT2D eigenvalue weighted by Gasteiger charge is -2.37. The molecule has 3 nitrogen and oxygen atoms in total. The van der Waals surface area contributed by atoms with Gasteiger partial charge < -0.3 is 15.2 Å². The van der Waals surface area contributed by atoms with Crippen LogP contribution in [0.15, 0.2) is 0 Å². The highest BCUT2D eigenvalue weighted by Crippen LogP contribution is 2.38. The first kappa shape index (κ1) is 16.9. The van der Waals surface area contributed by atoms with Gasteiger partial charge in [0.25, 0.3) is 0 Å². The smallest absolute Gasteiger partial charge is 0.0623 e. The van der Waals surface area contributed by atoms with E-state index < -0.39 is 0 Å². The standard InChI is InChI=1S/C16H33NO2/c1-6-15(4,5)19-11-9-14-8-7-10-16(14,12-18)17-13(2)3/h13-14,17-18H,6-12H2,1-5H3. The van der Waals surface area contributed by atoms with Crippen LogP contribution in [0.3, 0.4) is 0 Å². The van der Waals surface area contributed by atoms with E-state index in [1.807, 2.05) is 0 Å². The van der Waals surface area contributed by atoms with Gasteiger partial charge in [0.1, 0.15) is 0 Å². The predicted octanol–water partition coefficient (Wildman–Crippen LogP) is 3.11. The molecule has 0 heterocycles. The van der Waals surface area contributed by atoms with Crippen LogP contribution in [0, 0.1) is 5.92 Å². The Kier molecular flexibility index (Phi) is 6.28. The molecule has 0 spiro atoms. The fourth-order valence-corrected chi connectivity index (χ4v) is 3.16. The summed E-state index contributed by atoms with van der Waals surface area (Å²) in [6.07, 6.45) is 5.58. The predicted molar refractivity (Wildman–Crippen MR) is 80.4 cm³/mol. The Morgan fingerprint density at radius 1 is 1.42 bits per heavy atom. The number of hydrogen-bond donors (Lipinski definition) is 2. The first-order valence-electron chi connectivity index (χ1n) is 7.88. The van der Waals surface area contributed by atoms with Crippen LogP contribution >= 0.6 is 0 Å². The van der Waals surface area contributed by atoms with E-state index in [1.54, 1.807) is 0 Å². The molecule has 0 aromatic carbocycles. The first-order chi connectivity index (χ1) is 8.85. The van der Waals surface area contributed by atoms with Crippen LogP contribution in [0.2, 0.25) is 0 Å². The highest BCUT2D eigenvalue weighted by Gasteiger charge is 2.42. The minimum Gasteiger partial charge on any atom is -0.394 e. The summed E-state index contributed by atoms with van der Waals surface area (Å²) in [7, 11) is 0. The molecule has 19 heavy (non-hydrogen) atoms. The molecule has 2 atom stereocenters. The fraction of sp³-hybridized carbons (Fsp3) is 1.00. The van der Waals surface area contributed by atoms with Crippen molar-refractivity contribution in [3.05, 3.63) is 0 Å². The van der Waals surface area contributed by atoms with Crippen molar-refractivity contribution >= 4 is 0 Å². The zero-order chi connectivity index (χ0) is 14.5. The minimum atomic E-state index is -0.0755. The zero-order valence-corrected chi connectivity index (χ0v) is 13.5. The van der Waals surface area contributed by atoms with Crippen molar-refractivity contribution in [2.45, 2.75) is 83.9 Å². The van der Waals surface area contributed by atoms with Crippen molar-refractivity contribution in [3.63, 3.8) is 0 Å². The maximum atomic E-state index is 9.84. The molecule has 2 N–H and O–H groups in total. The summed E-state index contributed by atoms with van der Waals surface area (Å²) in [5, 5.41) is 13.4. The van der Waals surface area contributed by atoms with Crippen LogP contribution in [-0.2, 0) is 4.74 Å². The average Bonchev–Trinajstić information content (AvgIpc) is 2.72. The lowest BCUT2D eigenvalue weighted by Crippen LogP contribution is -2.54. The van der Waals surface area contributed by atoms with Gasteiger partial charge in [-0.25, -0.2) is 0 Å². The van der Waals surface area contributed by atoms with Crippen LogP contribution in [0.5, 0.6) is 0 Å². The van der Waals surface area contributed by atoms with E-state index in [4.69, 9.17) is 4.74 Å². The van der Waals surface area contributed by atoms with E-state index in [0.29, 0.717) is 12.0 Å². The Morgan fingerprint density at radius 2 is 2.11 bits per heavy atom. The van der Waals surface area contributed by atoms with E-state index in [1.165, 1.54) is 12.8 Å². The number of aliphatic hydroxyl groups is 1. The maximum Gasteiger partial charge on any atom is 0.0623 e. The Balaban J connectivity index is 2.51. The van der Waals surface area contributed by atoms with Gasteiger partial charge in [0, 0.05) is 18.2 Å². The average molecular weight is 271 g/mol. The Morgan fingerprint density at radius 3 is 2.63 bits per heavy atom. The van der Waals surface area contributed by atoms with Crippen LogP contribution < -0.4 is 5.32 Å².